The lowest BCUT2D eigenvalue weighted by atomic mass is 9.96. The Morgan fingerprint density at radius 2 is 1.89 bits per heavy atom. The fraction of sp³-hybridized carbons (Fsp3) is 0.222. The van der Waals surface area contributed by atoms with Gasteiger partial charge in [0.1, 0.15) is 28.5 Å². The van der Waals surface area contributed by atoms with Crippen molar-refractivity contribution in [2.24, 2.45) is 0 Å². The summed E-state index contributed by atoms with van der Waals surface area (Å²) in [7, 11) is 2.14. The number of pyridine rings is 1. The van der Waals surface area contributed by atoms with Gasteiger partial charge in [0.2, 0.25) is 0 Å². The highest BCUT2D eigenvalue weighted by Gasteiger charge is 2.24. The molecule has 0 spiro atoms. The monoisotopic (exact) mass is 485 g/mol. The molecule has 0 aliphatic carbocycles. The summed E-state index contributed by atoms with van der Waals surface area (Å²) in [5.74, 6) is 2.41. The van der Waals surface area contributed by atoms with E-state index in [1.807, 2.05) is 30.3 Å². The van der Waals surface area contributed by atoms with Crippen LogP contribution in [0.2, 0.25) is 5.02 Å². The molecule has 1 aliphatic heterocycles. The smallest absolute Gasteiger partial charge is 0.196 e. The third-order valence-electron chi connectivity index (χ3n) is 6.68. The second-order valence-electron chi connectivity index (χ2n) is 9.03. The van der Waals surface area contributed by atoms with Gasteiger partial charge >= 0.3 is 0 Å². The van der Waals surface area contributed by atoms with Gasteiger partial charge in [-0.05, 0) is 57.2 Å². The third kappa shape index (κ3) is 4.07. The Morgan fingerprint density at radius 3 is 2.66 bits per heavy atom. The summed E-state index contributed by atoms with van der Waals surface area (Å²) < 4.78 is 5.85. The van der Waals surface area contributed by atoms with Crippen molar-refractivity contribution in [3.8, 4) is 11.5 Å². The molecule has 0 unspecified atom stereocenters. The maximum absolute atomic E-state index is 13.6. The first-order valence-electron chi connectivity index (χ1n) is 11.7. The minimum Gasteiger partial charge on any atom is -0.457 e. The number of piperidine rings is 1. The number of imidazole rings is 1. The summed E-state index contributed by atoms with van der Waals surface area (Å²) in [5.41, 5.74) is 3.11. The van der Waals surface area contributed by atoms with Crippen LogP contribution in [-0.4, -0.2) is 50.8 Å². The Balaban J connectivity index is 1.35. The minimum atomic E-state index is -0.189. The number of halogens is 1. The van der Waals surface area contributed by atoms with Gasteiger partial charge in [0.15, 0.2) is 5.78 Å². The van der Waals surface area contributed by atoms with Gasteiger partial charge in [-0.2, -0.15) is 0 Å². The molecule has 2 N–H and O–H groups in total. The average Bonchev–Trinajstić information content (AvgIpc) is 3.49. The van der Waals surface area contributed by atoms with Crippen LogP contribution in [0.5, 0.6) is 11.5 Å². The number of para-hydroxylation sites is 1. The molecule has 0 atom stereocenters. The van der Waals surface area contributed by atoms with Gasteiger partial charge in [0.05, 0.1) is 27.7 Å². The van der Waals surface area contributed by atoms with Crippen molar-refractivity contribution in [1.29, 1.82) is 0 Å². The SMILES string of the molecule is CN1CCC(c2nc3c(cnc4[nH]cc(C(=O)c5ccc(Oc6ccccc6)cc5Cl)c43)[nH]2)CC1. The van der Waals surface area contributed by atoms with E-state index in [4.69, 9.17) is 21.3 Å². The predicted molar refractivity (Wildman–Crippen MR) is 137 cm³/mol. The number of aromatic nitrogens is 4. The van der Waals surface area contributed by atoms with E-state index in [-0.39, 0.29) is 5.78 Å². The molecule has 35 heavy (non-hydrogen) atoms. The number of hydrogen-bond acceptors (Lipinski definition) is 5. The molecular formula is C27H24ClN5O2. The summed E-state index contributed by atoms with van der Waals surface area (Å²) in [6, 6.07) is 14.6. The van der Waals surface area contributed by atoms with Crippen molar-refractivity contribution in [2.75, 3.05) is 20.1 Å². The number of rotatable bonds is 5. The zero-order valence-electron chi connectivity index (χ0n) is 19.2. The van der Waals surface area contributed by atoms with Gasteiger partial charge in [-0.3, -0.25) is 4.79 Å². The number of aromatic amines is 2. The van der Waals surface area contributed by atoms with Gasteiger partial charge in [-0.25, -0.2) is 9.97 Å². The molecule has 0 amide bonds. The number of H-pyrrole nitrogens is 2. The standard InChI is InChI=1S/C27H24ClN5O2/c1-33-11-9-16(10-12-33)26-31-22-15-30-27-23(24(22)32-26)20(14-29-27)25(34)19-8-7-18(13-21(19)28)35-17-5-3-2-4-6-17/h2-8,13-16H,9-12H2,1H3,(H,29,30)(H,31,32). The highest BCUT2D eigenvalue weighted by molar-refractivity contribution is 6.36. The summed E-state index contributed by atoms with van der Waals surface area (Å²) >= 11 is 6.54. The molecule has 7 nitrogen and oxygen atoms in total. The molecule has 0 saturated carbocycles. The lowest BCUT2D eigenvalue weighted by Crippen LogP contribution is -2.29. The molecule has 3 aromatic heterocycles. The third-order valence-corrected chi connectivity index (χ3v) is 7.00. The first-order valence-corrected chi connectivity index (χ1v) is 12.1. The van der Waals surface area contributed by atoms with Crippen LogP contribution < -0.4 is 4.74 Å². The van der Waals surface area contributed by atoms with Crippen LogP contribution in [0.3, 0.4) is 0 Å². The topological polar surface area (TPSA) is 86.9 Å². The number of carbonyl (C=O) groups is 1. The summed E-state index contributed by atoms with van der Waals surface area (Å²) in [4.78, 5) is 32.0. The summed E-state index contributed by atoms with van der Waals surface area (Å²) in [6.07, 6.45) is 5.57. The molecule has 8 heteroatoms. The Kier molecular flexibility index (Phi) is 5.51. The number of nitrogens with zero attached hydrogens (tertiary/aromatic N) is 3. The molecule has 0 bridgehead atoms. The number of ketones is 1. The maximum atomic E-state index is 13.6. The van der Waals surface area contributed by atoms with Crippen molar-refractivity contribution < 1.29 is 9.53 Å². The molecule has 0 radical (unpaired) electrons. The molecule has 2 aromatic carbocycles. The van der Waals surface area contributed by atoms with E-state index in [2.05, 4.69) is 26.9 Å². The zero-order chi connectivity index (χ0) is 23.9. The van der Waals surface area contributed by atoms with Crippen LogP contribution in [0.25, 0.3) is 22.1 Å². The van der Waals surface area contributed by atoms with Crippen LogP contribution in [0.4, 0.5) is 0 Å². The van der Waals surface area contributed by atoms with Crippen LogP contribution >= 0.6 is 11.6 Å². The lowest BCUT2D eigenvalue weighted by Gasteiger charge is -2.27. The highest BCUT2D eigenvalue weighted by atomic mass is 35.5. The molecule has 4 heterocycles. The number of likely N-dealkylation sites (tertiary alicyclic amines) is 1. The molecular weight excluding hydrogens is 462 g/mol. The lowest BCUT2D eigenvalue weighted by molar-refractivity contribution is 0.104. The summed E-state index contributed by atoms with van der Waals surface area (Å²) in [5, 5.41) is 1.04. The van der Waals surface area contributed by atoms with E-state index in [0.29, 0.717) is 44.6 Å². The molecule has 176 valence electrons. The van der Waals surface area contributed by atoms with Crippen molar-refractivity contribution in [2.45, 2.75) is 18.8 Å². The minimum absolute atomic E-state index is 0.189. The van der Waals surface area contributed by atoms with Crippen LogP contribution in [0.1, 0.15) is 40.5 Å². The number of ether oxygens (including phenoxy) is 1. The van der Waals surface area contributed by atoms with Gasteiger partial charge in [0, 0.05) is 23.7 Å². The second-order valence-corrected chi connectivity index (χ2v) is 9.44. The van der Waals surface area contributed by atoms with E-state index in [0.717, 1.165) is 42.8 Å². The first-order chi connectivity index (χ1) is 17.1. The van der Waals surface area contributed by atoms with Crippen molar-refractivity contribution in [3.05, 3.63) is 82.9 Å². The van der Waals surface area contributed by atoms with Gasteiger partial charge in [-0.15, -0.1) is 0 Å². The molecule has 1 fully saturated rings. The van der Waals surface area contributed by atoms with Crippen LogP contribution in [0.15, 0.2) is 60.9 Å². The van der Waals surface area contributed by atoms with Gasteiger partial charge < -0.3 is 19.6 Å². The Bertz CT molecular complexity index is 1530. The first kappa shape index (κ1) is 21.8. The van der Waals surface area contributed by atoms with E-state index in [1.54, 1.807) is 30.6 Å². The fourth-order valence-corrected chi connectivity index (χ4v) is 5.00. The predicted octanol–water partition coefficient (Wildman–Crippen LogP) is 5.93. The molecule has 1 aliphatic rings. The van der Waals surface area contributed by atoms with Crippen LogP contribution in [0, 0.1) is 0 Å². The zero-order valence-corrected chi connectivity index (χ0v) is 20.0. The average molecular weight is 486 g/mol. The molecule has 5 aromatic rings. The largest absolute Gasteiger partial charge is 0.457 e. The number of hydrogen-bond donors (Lipinski definition) is 2. The van der Waals surface area contributed by atoms with Gasteiger partial charge in [-0.1, -0.05) is 29.8 Å². The van der Waals surface area contributed by atoms with E-state index >= 15 is 0 Å². The van der Waals surface area contributed by atoms with Crippen molar-refractivity contribution in [1.82, 2.24) is 24.8 Å². The number of fused-ring (bicyclic) bond motifs is 3. The van der Waals surface area contributed by atoms with E-state index < -0.39 is 0 Å². The maximum Gasteiger partial charge on any atom is 0.196 e. The Hall–Kier alpha value is -3.68. The summed E-state index contributed by atoms with van der Waals surface area (Å²) in [6.45, 7) is 2.09. The quantitative estimate of drug-likeness (QED) is 0.301. The van der Waals surface area contributed by atoms with E-state index in [1.165, 1.54) is 0 Å². The van der Waals surface area contributed by atoms with Crippen LogP contribution in [-0.2, 0) is 0 Å². The van der Waals surface area contributed by atoms with Crippen molar-refractivity contribution in [3.63, 3.8) is 0 Å². The number of benzene rings is 2. The second kappa shape index (κ2) is 8.83. The molecule has 6 rings (SSSR count). The Morgan fingerprint density at radius 1 is 1.09 bits per heavy atom. The number of carbonyl (C=O) groups excluding carboxylic acids is 1. The highest BCUT2D eigenvalue weighted by Crippen LogP contribution is 2.33. The van der Waals surface area contributed by atoms with Gasteiger partial charge in [0.25, 0.3) is 0 Å². The van der Waals surface area contributed by atoms with Crippen molar-refractivity contribution >= 4 is 39.5 Å². The normalized spacial score (nSPS) is 15.1. The molecule has 1 saturated heterocycles. The Labute approximate surface area is 207 Å². The van der Waals surface area contributed by atoms with E-state index in [9.17, 15) is 4.79 Å². The number of nitrogens with one attached hydrogen (secondary N) is 2. The fourth-order valence-electron chi connectivity index (χ4n) is 4.74.